The van der Waals surface area contributed by atoms with Crippen LogP contribution in [0.1, 0.15) is 30.6 Å². The smallest absolute Gasteiger partial charge is 0.251 e. The lowest BCUT2D eigenvalue weighted by molar-refractivity contribution is 0.00672. The van der Waals surface area contributed by atoms with E-state index in [9.17, 15) is 4.79 Å². The summed E-state index contributed by atoms with van der Waals surface area (Å²) in [5.74, 6) is 1.34. The predicted octanol–water partition coefficient (Wildman–Crippen LogP) is 2.59. The fraction of sp³-hybridized carbons (Fsp3) is 0.632. The summed E-state index contributed by atoms with van der Waals surface area (Å²) in [6.45, 7) is 9.35. The van der Waals surface area contributed by atoms with Gasteiger partial charge in [0.2, 0.25) is 0 Å². The fourth-order valence-corrected chi connectivity index (χ4v) is 3.62. The molecule has 1 fully saturated rings. The summed E-state index contributed by atoms with van der Waals surface area (Å²) in [5, 5.41) is 3.46. The Morgan fingerprint density at radius 3 is 2.65 bits per heavy atom. The number of hydrogen-bond donors (Lipinski definition) is 1. The second-order valence-electron chi connectivity index (χ2n) is 7.01. The summed E-state index contributed by atoms with van der Waals surface area (Å²) >= 11 is 6.29. The Labute approximate surface area is 159 Å². The molecule has 6 nitrogen and oxygen atoms in total. The van der Waals surface area contributed by atoms with Crippen LogP contribution in [0.3, 0.4) is 0 Å². The molecule has 1 aromatic rings. The van der Waals surface area contributed by atoms with Gasteiger partial charge in [-0.15, -0.1) is 0 Å². The van der Waals surface area contributed by atoms with Gasteiger partial charge in [-0.2, -0.15) is 0 Å². The highest BCUT2D eigenvalue weighted by molar-refractivity contribution is 6.32. The van der Waals surface area contributed by atoms with Crippen LogP contribution in [0.25, 0.3) is 0 Å². The minimum atomic E-state index is -0.151. The summed E-state index contributed by atoms with van der Waals surface area (Å²) in [6.07, 6.45) is 0.794. The third kappa shape index (κ3) is 4.61. The second-order valence-corrected chi connectivity index (χ2v) is 7.41. The van der Waals surface area contributed by atoms with Crippen molar-refractivity contribution in [2.24, 2.45) is 5.92 Å². The maximum atomic E-state index is 12.7. The van der Waals surface area contributed by atoms with Crippen LogP contribution in [-0.4, -0.2) is 62.9 Å². The molecule has 0 radical (unpaired) electrons. The molecule has 1 atom stereocenters. The van der Waals surface area contributed by atoms with E-state index in [0.29, 0.717) is 47.8 Å². The van der Waals surface area contributed by atoms with E-state index in [1.807, 2.05) is 0 Å². The van der Waals surface area contributed by atoms with E-state index in [2.05, 4.69) is 24.1 Å². The number of fused-ring (bicyclic) bond motifs is 1. The van der Waals surface area contributed by atoms with Crippen molar-refractivity contribution >= 4 is 17.5 Å². The Kier molecular flexibility index (Phi) is 6.62. The van der Waals surface area contributed by atoms with Crippen molar-refractivity contribution in [3.05, 3.63) is 22.7 Å². The molecule has 2 heterocycles. The average Bonchev–Trinajstić information content (AvgIpc) is 2.88. The molecule has 1 saturated heterocycles. The van der Waals surface area contributed by atoms with Crippen molar-refractivity contribution in [3.8, 4) is 11.5 Å². The molecule has 0 aromatic heterocycles. The number of ether oxygens (including phenoxy) is 3. The standard InChI is InChI=1S/C19H27ClN2O4/c1-13(2)16(22-4-8-24-9-5-22)12-21-19(23)14-10-15(20)18-17(11-14)25-6-3-7-26-18/h10-11,13,16H,3-9,12H2,1-2H3,(H,21,23). The second kappa shape index (κ2) is 8.93. The highest BCUT2D eigenvalue weighted by Crippen LogP contribution is 2.37. The van der Waals surface area contributed by atoms with E-state index >= 15 is 0 Å². The van der Waals surface area contributed by atoms with Crippen LogP contribution in [0, 0.1) is 5.92 Å². The number of benzene rings is 1. The van der Waals surface area contributed by atoms with Crippen molar-refractivity contribution in [2.75, 3.05) is 46.1 Å². The zero-order chi connectivity index (χ0) is 18.5. The molecule has 0 bridgehead atoms. The molecular weight excluding hydrogens is 356 g/mol. The highest BCUT2D eigenvalue weighted by atomic mass is 35.5. The first-order chi connectivity index (χ1) is 12.6. The maximum Gasteiger partial charge on any atom is 0.251 e. The van der Waals surface area contributed by atoms with E-state index in [-0.39, 0.29) is 11.9 Å². The van der Waals surface area contributed by atoms with E-state index < -0.39 is 0 Å². The van der Waals surface area contributed by atoms with E-state index in [1.165, 1.54) is 0 Å². The molecule has 1 amide bonds. The summed E-state index contributed by atoms with van der Waals surface area (Å²) in [7, 11) is 0. The lowest BCUT2D eigenvalue weighted by atomic mass is 10.0. The largest absolute Gasteiger partial charge is 0.489 e. The van der Waals surface area contributed by atoms with Gasteiger partial charge < -0.3 is 19.5 Å². The Balaban J connectivity index is 1.67. The molecule has 1 N–H and O–H groups in total. The van der Waals surface area contributed by atoms with Crippen LogP contribution in [0.4, 0.5) is 0 Å². The lowest BCUT2D eigenvalue weighted by Crippen LogP contribution is -2.51. The molecular formula is C19H27ClN2O4. The van der Waals surface area contributed by atoms with E-state index in [4.69, 9.17) is 25.8 Å². The Morgan fingerprint density at radius 1 is 1.19 bits per heavy atom. The van der Waals surface area contributed by atoms with Gasteiger partial charge >= 0.3 is 0 Å². The van der Waals surface area contributed by atoms with Crippen molar-refractivity contribution < 1.29 is 19.0 Å². The molecule has 2 aliphatic heterocycles. The van der Waals surface area contributed by atoms with Crippen molar-refractivity contribution in [1.82, 2.24) is 10.2 Å². The molecule has 0 saturated carbocycles. The number of nitrogens with zero attached hydrogens (tertiary/aromatic N) is 1. The zero-order valence-corrected chi connectivity index (χ0v) is 16.2. The first-order valence-corrected chi connectivity index (χ1v) is 9.63. The van der Waals surface area contributed by atoms with Gasteiger partial charge in [0.05, 0.1) is 31.5 Å². The van der Waals surface area contributed by atoms with Gasteiger partial charge in [0.1, 0.15) is 0 Å². The van der Waals surface area contributed by atoms with E-state index in [1.54, 1.807) is 12.1 Å². The van der Waals surface area contributed by atoms with Gasteiger partial charge in [-0.1, -0.05) is 25.4 Å². The summed E-state index contributed by atoms with van der Waals surface area (Å²) in [5.41, 5.74) is 0.490. The van der Waals surface area contributed by atoms with Crippen LogP contribution in [0.15, 0.2) is 12.1 Å². The molecule has 1 aromatic carbocycles. The first-order valence-electron chi connectivity index (χ1n) is 9.25. The number of morpholine rings is 1. The molecule has 1 unspecified atom stereocenters. The Hall–Kier alpha value is -1.50. The number of amides is 1. The number of rotatable bonds is 5. The summed E-state index contributed by atoms with van der Waals surface area (Å²) in [4.78, 5) is 15.1. The average molecular weight is 383 g/mol. The van der Waals surface area contributed by atoms with Gasteiger partial charge in [-0.3, -0.25) is 9.69 Å². The summed E-state index contributed by atoms with van der Waals surface area (Å²) in [6, 6.07) is 3.63. The number of carbonyl (C=O) groups excluding carboxylic acids is 1. The first kappa shape index (κ1) is 19.3. The number of carbonyl (C=O) groups is 1. The molecule has 2 aliphatic rings. The SMILES string of the molecule is CC(C)C(CNC(=O)c1cc(Cl)c2c(c1)OCCCO2)N1CCOCC1. The van der Waals surface area contributed by atoms with Gasteiger partial charge in [0, 0.05) is 37.7 Å². The normalized spacial score (nSPS) is 19.1. The third-order valence-electron chi connectivity index (χ3n) is 4.82. The van der Waals surface area contributed by atoms with Crippen molar-refractivity contribution in [1.29, 1.82) is 0 Å². The minimum Gasteiger partial charge on any atom is -0.489 e. The molecule has 26 heavy (non-hydrogen) atoms. The predicted molar refractivity (Wildman–Crippen MR) is 100 cm³/mol. The molecule has 0 aliphatic carbocycles. The molecule has 0 spiro atoms. The van der Waals surface area contributed by atoms with Crippen LogP contribution in [0.5, 0.6) is 11.5 Å². The Morgan fingerprint density at radius 2 is 1.92 bits per heavy atom. The van der Waals surface area contributed by atoms with Gasteiger partial charge in [0.25, 0.3) is 5.91 Å². The van der Waals surface area contributed by atoms with Crippen molar-refractivity contribution in [3.63, 3.8) is 0 Å². The summed E-state index contributed by atoms with van der Waals surface area (Å²) < 4.78 is 16.7. The third-order valence-corrected chi connectivity index (χ3v) is 5.10. The zero-order valence-electron chi connectivity index (χ0n) is 15.4. The minimum absolute atomic E-state index is 0.151. The van der Waals surface area contributed by atoms with Crippen molar-refractivity contribution in [2.45, 2.75) is 26.3 Å². The van der Waals surface area contributed by atoms with Gasteiger partial charge in [0.15, 0.2) is 11.5 Å². The number of nitrogens with one attached hydrogen (secondary N) is 1. The number of halogens is 1. The van der Waals surface area contributed by atoms with Crippen LogP contribution < -0.4 is 14.8 Å². The lowest BCUT2D eigenvalue weighted by Gasteiger charge is -2.36. The van der Waals surface area contributed by atoms with E-state index in [0.717, 1.165) is 32.7 Å². The number of hydrogen-bond acceptors (Lipinski definition) is 5. The topological polar surface area (TPSA) is 60.0 Å². The monoisotopic (exact) mass is 382 g/mol. The Bertz CT molecular complexity index is 632. The highest BCUT2D eigenvalue weighted by Gasteiger charge is 2.25. The molecule has 144 valence electrons. The van der Waals surface area contributed by atoms with Gasteiger partial charge in [-0.05, 0) is 18.1 Å². The van der Waals surface area contributed by atoms with Gasteiger partial charge in [-0.25, -0.2) is 0 Å². The van der Waals surface area contributed by atoms with Crippen LogP contribution >= 0.6 is 11.6 Å². The van der Waals surface area contributed by atoms with Crippen LogP contribution in [-0.2, 0) is 4.74 Å². The quantitative estimate of drug-likeness (QED) is 0.848. The van der Waals surface area contributed by atoms with Crippen LogP contribution in [0.2, 0.25) is 5.02 Å². The molecule has 3 rings (SSSR count). The fourth-order valence-electron chi connectivity index (χ4n) is 3.36. The maximum absolute atomic E-state index is 12.7. The molecule has 7 heteroatoms.